The Morgan fingerprint density at radius 2 is 1.41 bits per heavy atom. The van der Waals surface area contributed by atoms with E-state index < -0.39 is 15.3 Å². The van der Waals surface area contributed by atoms with Crippen LogP contribution in [0.5, 0.6) is 0 Å². The van der Waals surface area contributed by atoms with Gasteiger partial charge in [0.15, 0.2) is 16.1 Å². The number of carbonyl (C=O) groups excluding carboxylic acids is 1. The first kappa shape index (κ1) is 25.8. The van der Waals surface area contributed by atoms with E-state index in [1.165, 1.54) is 0 Å². The number of rotatable bonds is 6. The zero-order valence-electron chi connectivity index (χ0n) is 18.3. The summed E-state index contributed by atoms with van der Waals surface area (Å²) < 4.78 is 34.1. The van der Waals surface area contributed by atoms with Crippen molar-refractivity contribution in [3.8, 4) is 0 Å². The maximum Gasteiger partial charge on any atom is 0.178 e. The number of Topliss-reactive ketones (excluding diaryl/α,β-unsaturated/α-hetero) is 1. The van der Waals surface area contributed by atoms with Gasteiger partial charge in [0.05, 0.1) is 10.6 Å². The van der Waals surface area contributed by atoms with Crippen molar-refractivity contribution in [3.63, 3.8) is 0 Å². The quantitative estimate of drug-likeness (QED) is 0.661. The van der Waals surface area contributed by atoms with Crippen LogP contribution in [0.2, 0.25) is 0 Å². The summed E-state index contributed by atoms with van der Waals surface area (Å²) in [6.07, 6.45) is -0.0304. The number of ketones is 1. The van der Waals surface area contributed by atoms with Crippen LogP contribution in [0.3, 0.4) is 0 Å². The van der Waals surface area contributed by atoms with Gasteiger partial charge >= 0.3 is 0 Å². The minimum atomic E-state index is -3.35. The van der Waals surface area contributed by atoms with E-state index in [1.54, 1.807) is 59.3 Å². The Hall–Kier alpha value is -1.24. The highest BCUT2D eigenvalue weighted by Gasteiger charge is 2.24. The van der Waals surface area contributed by atoms with E-state index in [1.807, 2.05) is 6.92 Å². The monoisotopic (exact) mass is 400 g/mol. The molecule has 0 heterocycles. The Bertz CT molecular complexity index is 673. The second kappa shape index (κ2) is 10.3. The number of methoxy groups -OCH3 is 2. The average molecular weight is 401 g/mol. The number of ether oxygens (including phenoxy) is 2. The van der Waals surface area contributed by atoms with Gasteiger partial charge in [0, 0.05) is 31.5 Å². The Kier molecular flexibility index (Phi) is 9.87. The summed E-state index contributed by atoms with van der Waals surface area (Å²) in [6, 6.07) is 6.70. The van der Waals surface area contributed by atoms with Crippen LogP contribution in [0.1, 0.15) is 53.5 Å². The molecule has 1 aromatic carbocycles. The predicted octanol–water partition coefficient (Wildman–Crippen LogP) is 4.43. The molecule has 0 radical (unpaired) electrons. The van der Waals surface area contributed by atoms with Crippen LogP contribution in [0.25, 0.3) is 0 Å². The lowest BCUT2D eigenvalue weighted by Crippen LogP contribution is -2.29. The fourth-order valence-corrected chi connectivity index (χ4v) is 3.51. The number of benzene rings is 1. The van der Waals surface area contributed by atoms with Gasteiger partial charge in [0.1, 0.15) is 5.78 Å². The van der Waals surface area contributed by atoms with Gasteiger partial charge in [-0.1, -0.05) is 59.2 Å². The highest BCUT2D eigenvalue weighted by molar-refractivity contribution is 7.91. The van der Waals surface area contributed by atoms with Gasteiger partial charge in [0.2, 0.25) is 0 Å². The first-order valence-electron chi connectivity index (χ1n) is 9.03. The van der Waals surface area contributed by atoms with Crippen molar-refractivity contribution in [2.24, 2.45) is 10.8 Å². The van der Waals surface area contributed by atoms with Crippen LogP contribution in [0, 0.1) is 17.8 Å². The van der Waals surface area contributed by atoms with Crippen molar-refractivity contribution in [1.29, 1.82) is 0 Å². The first-order chi connectivity index (χ1) is 12.1. The first-order valence-corrected chi connectivity index (χ1v) is 10.7. The molecule has 0 bridgehead atoms. The summed E-state index contributed by atoms with van der Waals surface area (Å²) in [5.74, 6) is -0.148. The molecule has 0 atom stereocenters. The third-order valence-electron chi connectivity index (χ3n) is 3.95. The largest absolute Gasteiger partial charge is 0.355 e. The van der Waals surface area contributed by atoms with Crippen LogP contribution in [-0.4, -0.2) is 40.5 Å². The second-order valence-electron chi connectivity index (χ2n) is 8.72. The molecular weight excluding hydrogens is 364 g/mol. The maximum absolute atomic E-state index is 12.0. The fraction of sp³-hybridized carbons (Fsp3) is 0.667. The Labute approximate surface area is 165 Å². The second-order valence-corrected chi connectivity index (χ2v) is 10.8. The number of carbonyl (C=O) groups is 1. The lowest BCUT2D eigenvalue weighted by atomic mass is 9.89. The SMILES string of the molecule is COC(OC)C(C)(C)C.Cc1ccc(S(=O)(=O)CCC(=O)C(C)(C)C)cc1. The topological polar surface area (TPSA) is 69.7 Å². The van der Waals surface area contributed by atoms with Crippen LogP contribution < -0.4 is 0 Å². The number of hydrogen-bond acceptors (Lipinski definition) is 5. The van der Waals surface area contributed by atoms with Gasteiger partial charge in [-0.25, -0.2) is 8.42 Å². The van der Waals surface area contributed by atoms with Crippen LogP contribution in [0.15, 0.2) is 29.2 Å². The van der Waals surface area contributed by atoms with Crippen LogP contribution in [-0.2, 0) is 24.1 Å². The molecule has 0 amide bonds. The number of hydrogen-bond donors (Lipinski definition) is 0. The van der Waals surface area contributed by atoms with E-state index in [0.717, 1.165) is 5.56 Å². The van der Waals surface area contributed by atoms with E-state index in [4.69, 9.17) is 9.47 Å². The molecule has 0 saturated heterocycles. The van der Waals surface area contributed by atoms with Gasteiger partial charge in [-0.05, 0) is 19.1 Å². The third-order valence-corrected chi connectivity index (χ3v) is 5.68. The minimum absolute atomic E-state index is 0.0295. The molecule has 0 aliphatic rings. The van der Waals surface area contributed by atoms with E-state index in [-0.39, 0.29) is 34.6 Å². The normalized spacial score (nSPS) is 12.5. The Balaban J connectivity index is 0.000000636. The zero-order valence-corrected chi connectivity index (χ0v) is 19.1. The molecule has 1 rings (SSSR count). The molecule has 0 spiro atoms. The predicted molar refractivity (Wildman–Crippen MR) is 110 cm³/mol. The zero-order chi connectivity index (χ0) is 21.5. The molecule has 0 saturated carbocycles. The van der Waals surface area contributed by atoms with Crippen molar-refractivity contribution in [1.82, 2.24) is 0 Å². The molecule has 27 heavy (non-hydrogen) atoms. The van der Waals surface area contributed by atoms with Gasteiger partial charge in [-0.3, -0.25) is 4.79 Å². The molecule has 156 valence electrons. The molecule has 0 fully saturated rings. The van der Waals surface area contributed by atoms with Crippen molar-refractivity contribution in [2.75, 3.05) is 20.0 Å². The summed E-state index contributed by atoms with van der Waals surface area (Å²) >= 11 is 0. The number of sulfone groups is 1. The lowest BCUT2D eigenvalue weighted by Gasteiger charge is -2.27. The standard InChI is InChI=1S/C14H20O3S.C7H16O2/c1-11-5-7-12(8-6-11)18(16,17)10-9-13(15)14(2,3)4;1-7(2,3)6(8-4)9-5/h5-8H,9-10H2,1-4H3;6H,1-5H3. The molecule has 0 unspecified atom stereocenters. The van der Waals surface area contributed by atoms with Gasteiger partial charge in [-0.15, -0.1) is 0 Å². The molecule has 6 heteroatoms. The van der Waals surface area contributed by atoms with E-state index in [9.17, 15) is 13.2 Å². The van der Waals surface area contributed by atoms with E-state index >= 15 is 0 Å². The van der Waals surface area contributed by atoms with Crippen LogP contribution >= 0.6 is 0 Å². The van der Waals surface area contributed by atoms with Crippen molar-refractivity contribution >= 4 is 15.6 Å². The summed E-state index contributed by atoms with van der Waals surface area (Å²) in [6.45, 7) is 13.5. The molecule has 0 aliphatic heterocycles. The molecule has 5 nitrogen and oxygen atoms in total. The molecular formula is C21H36O5S. The highest BCUT2D eigenvalue weighted by Crippen LogP contribution is 2.21. The molecule has 0 N–H and O–H groups in total. The van der Waals surface area contributed by atoms with Crippen molar-refractivity contribution in [3.05, 3.63) is 29.8 Å². The average Bonchev–Trinajstić information content (AvgIpc) is 2.52. The fourth-order valence-electron chi connectivity index (χ4n) is 2.27. The third kappa shape index (κ3) is 9.49. The molecule has 0 aliphatic carbocycles. The van der Waals surface area contributed by atoms with Crippen molar-refractivity contribution < 1.29 is 22.7 Å². The minimum Gasteiger partial charge on any atom is -0.355 e. The summed E-state index contributed by atoms with van der Waals surface area (Å²) in [7, 11) is -0.0488. The smallest absolute Gasteiger partial charge is 0.178 e. The Morgan fingerprint density at radius 1 is 0.963 bits per heavy atom. The maximum atomic E-state index is 12.0. The highest BCUT2D eigenvalue weighted by atomic mass is 32.2. The molecule has 0 aromatic heterocycles. The van der Waals surface area contributed by atoms with E-state index in [2.05, 4.69) is 20.8 Å². The summed E-state index contributed by atoms with van der Waals surface area (Å²) in [5, 5.41) is 0. The van der Waals surface area contributed by atoms with Crippen molar-refractivity contribution in [2.45, 2.75) is 66.1 Å². The van der Waals surface area contributed by atoms with Gasteiger partial charge in [0.25, 0.3) is 0 Å². The van der Waals surface area contributed by atoms with Crippen LogP contribution in [0.4, 0.5) is 0 Å². The van der Waals surface area contributed by atoms with Gasteiger partial charge in [-0.2, -0.15) is 0 Å². The summed E-state index contributed by atoms with van der Waals surface area (Å²) in [5.41, 5.74) is 0.603. The number of aryl methyl sites for hydroxylation is 1. The van der Waals surface area contributed by atoms with Gasteiger partial charge < -0.3 is 9.47 Å². The molecule has 1 aromatic rings. The lowest BCUT2D eigenvalue weighted by molar-refractivity contribution is -0.161. The summed E-state index contributed by atoms with van der Waals surface area (Å²) in [4.78, 5) is 12.0. The Morgan fingerprint density at radius 3 is 1.70 bits per heavy atom. The van der Waals surface area contributed by atoms with E-state index in [0.29, 0.717) is 0 Å².